The zero-order chi connectivity index (χ0) is 22.7. The summed E-state index contributed by atoms with van der Waals surface area (Å²) in [6.45, 7) is 3.54. The molecule has 0 bridgehead atoms. The van der Waals surface area contributed by atoms with E-state index in [-0.39, 0.29) is 12.3 Å². The lowest BCUT2D eigenvalue weighted by Gasteiger charge is -2.05. The Kier molecular flexibility index (Phi) is 6.27. The number of carbonyl (C=O) groups excluding carboxylic acids is 1. The van der Waals surface area contributed by atoms with Crippen molar-refractivity contribution in [1.29, 1.82) is 0 Å². The standard InChI is InChI=1S/C23H22N4O4S/c1-14-21(25-26-27(14)17-6-5-7-19(12-17)32-4)23(28)30-13-20-15(2)31-22(24-20)16-8-10-18(29-3)11-9-16/h5-12H,13H2,1-4H3. The molecule has 0 aliphatic heterocycles. The Morgan fingerprint density at radius 3 is 2.66 bits per heavy atom. The van der Waals surface area contributed by atoms with Crippen LogP contribution in [0.5, 0.6) is 5.75 Å². The van der Waals surface area contributed by atoms with Gasteiger partial charge >= 0.3 is 5.97 Å². The molecular weight excluding hydrogens is 428 g/mol. The normalized spacial score (nSPS) is 10.9. The molecule has 0 amide bonds. The second kappa shape index (κ2) is 9.27. The smallest absolute Gasteiger partial charge is 0.361 e. The van der Waals surface area contributed by atoms with Crippen molar-refractivity contribution in [3.63, 3.8) is 0 Å². The summed E-state index contributed by atoms with van der Waals surface area (Å²) < 4.78 is 18.0. The Labute approximate surface area is 189 Å². The zero-order valence-electron chi connectivity index (χ0n) is 18.2. The molecule has 9 heteroatoms. The lowest BCUT2D eigenvalue weighted by molar-refractivity contribution is 0.0459. The van der Waals surface area contributed by atoms with Gasteiger partial charge in [-0.2, -0.15) is 0 Å². The molecule has 0 atom stereocenters. The van der Waals surface area contributed by atoms with Crippen LogP contribution in [-0.4, -0.2) is 39.3 Å². The molecule has 2 heterocycles. The average Bonchev–Trinajstić information content (AvgIpc) is 3.40. The third kappa shape index (κ3) is 4.38. The molecule has 4 rings (SSSR count). The minimum Gasteiger partial charge on any atom is -0.497 e. The van der Waals surface area contributed by atoms with Crippen LogP contribution in [0.15, 0.2) is 57.8 Å². The number of esters is 1. The highest BCUT2D eigenvalue weighted by molar-refractivity contribution is 7.98. The largest absolute Gasteiger partial charge is 0.497 e. The molecule has 164 valence electrons. The fourth-order valence-corrected chi connectivity index (χ4v) is 3.58. The van der Waals surface area contributed by atoms with E-state index < -0.39 is 5.97 Å². The van der Waals surface area contributed by atoms with Gasteiger partial charge < -0.3 is 13.9 Å². The molecule has 0 unspecified atom stereocenters. The summed E-state index contributed by atoms with van der Waals surface area (Å²) in [4.78, 5) is 18.2. The van der Waals surface area contributed by atoms with Crippen molar-refractivity contribution in [2.45, 2.75) is 25.3 Å². The van der Waals surface area contributed by atoms with Crippen LogP contribution in [-0.2, 0) is 11.3 Å². The number of aryl methyl sites for hydroxylation is 1. The maximum atomic E-state index is 12.7. The molecule has 2 aromatic heterocycles. The Morgan fingerprint density at radius 2 is 1.94 bits per heavy atom. The van der Waals surface area contributed by atoms with Gasteiger partial charge in [-0.1, -0.05) is 11.3 Å². The maximum absolute atomic E-state index is 12.7. The number of benzene rings is 2. The lowest BCUT2D eigenvalue weighted by Crippen LogP contribution is -2.09. The van der Waals surface area contributed by atoms with Crippen LogP contribution in [0, 0.1) is 13.8 Å². The molecule has 0 radical (unpaired) electrons. The highest BCUT2D eigenvalue weighted by atomic mass is 32.2. The molecule has 0 aliphatic carbocycles. The minimum atomic E-state index is -0.567. The first-order chi connectivity index (χ1) is 15.5. The monoisotopic (exact) mass is 450 g/mol. The van der Waals surface area contributed by atoms with E-state index in [1.54, 1.807) is 37.4 Å². The Bertz CT molecular complexity index is 1250. The molecule has 8 nitrogen and oxygen atoms in total. The second-order valence-corrected chi connectivity index (χ2v) is 7.84. The van der Waals surface area contributed by atoms with Gasteiger partial charge in [0.1, 0.15) is 23.8 Å². The number of rotatable bonds is 7. The van der Waals surface area contributed by atoms with E-state index in [1.807, 2.05) is 54.8 Å². The fraction of sp³-hybridized carbons (Fsp3) is 0.217. The fourth-order valence-electron chi connectivity index (χ4n) is 3.13. The number of hydrogen-bond acceptors (Lipinski definition) is 8. The summed E-state index contributed by atoms with van der Waals surface area (Å²) in [6, 6.07) is 15.2. The highest BCUT2D eigenvalue weighted by Crippen LogP contribution is 2.25. The van der Waals surface area contributed by atoms with Crippen LogP contribution in [0.4, 0.5) is 0 Å². The molecule has 0 spiro atoms. The molecule has 0 saturated heterocycles. The van der Waals surface area contributed by atoms with E-state index in [4.69, 9.17) is 13.9 Å². The maximum Gasteiger partial charge on any atom is 0.361 e. The highest BCUT2D eigenvalue weighted by Gasteiger charge is 2.20. The van der Waals surface area contributed by atoms with Crippen LogP contribution in [0.2, 0.25) is 0 Å². The average molecular weight is 451 g/mol. The van der Waals surface area contributed by atoms with Gasteiger partial charge in [0.25, 0.3) is 0 Å². The number of hydrogen-bond donors (Lipinski definition) is 0. The topological polar surface area (TPSA) is 92.3 Å². The first-order valence-electron chi connectivity index (χ1n) is 9.84. The third-order valence-corrected chi connectivity index (χ3v) is 5.68. The van der Waals surface area contributed by atoms with Gasteiger partial charge in [-0.3, -0.25) is 0 Å². The number of oxazole rings is 1. The van der Waals surface area contributed by atoms with Crippen LogP contribution < -0.4 is 4.74 Å². The predicted molar refractivity (Wildman–Crippen MR) is 120 cm³/mol. The lowest BCUT2D eigenvalue weighted by atomic mass is 10.2. The molecule has 0 N–H and O–H groups in total. The van der Waals surface area contributed by atoms with Crippen molar-refractivity contribution in [3.05, 3.63) is 71.4 Å². The Balaban J connectivity index is 1.47. The van der Waals surface area contributed by atoms with Gasteiger partial charge in [-0.25, -0.2) is 14.5 Å². The Hall–Kier alpha value is -3.59. The van der Waals surface area contributed by atoms with Gasteiger partial charge in [0, 0.05) is 10.5 Å². The first-order valence-corrected chi connectivity index (χ1v) is 11.1. The summed E-state index contributed by atoms with van der Waals surface area (Å²) in [7, 11) is 1.61. The van der Waals surface area contributed by atoms with Crippen molar-refractivity contribution >= 4 is 17.7 Å². The van der Waals surface area contributed by atoms with Gasteiger partial charge in [-0.05, 0) is 62.6 Å². The quantitative estimate of drug-likeness (QED) is 0.297. The van der Waals surface area contributed by atoms with E-state index in [0.29, 0.717) is 23.0 Å². The van der Waals surface area contributed by atoms with E-state index >= 15 is 0 Å². The van der Waals surface area contributed by atoms with Gasteiger partial charge in [0.15, 0.2) is 5.69 Å². The van der Waals surface area contributed by atoms with E-state index in [9.17, 15) is 4.79 Å². The van der Waals surface area contributed by atoms with Crippen molar-refractivity contribution < 1.29 is 18.7 Å². The van der Waals surface area contributed by atoms with E-state index in [0.717, 1.165) is 21.9 Å². The molecule has 32 heavy (non-hydrogen) atoms. The van der Waals surface area contributed by atoms with Crippen molar-refractivity contribution in [1.82, 2.24) is 20.0 Å². The predicted octanol–water partition coefficient (Wildman–Crippen LogP) is 4.63. The molecule has 0 aliphatic rings. The minimum absolute atomic E-state index is 0.0292. The molecule has 2 aromatic carbocycles. The SMILES string of the molecule is COc1ccc(-c2nc(COC(=O)c3nnn(-c4cccc(SC)c4)c3C)c(C)o2)cc1. The number of methoxy groups -OCH3 is 1. The number of carbonyl (C=O) groups is 1. The summed E-state index contributed by atoms with van der Waals surface area (Å²) in [5.74, 6) is 1.21. The summed E-state index contributed by atoms with van der Waals surface area (Å²) >= 11 is 1.63. The van der Waals surface area contributed by atoms with Crippen molar-refractivity contribution in [2.24, 2.45) is 0 Å². The zero-order valence-corrected chi connectivity index (χ0v) is 19.0. The van der Waals surface area contributed by atoms with Crippen molar-refractivity contribution in [3.8, 4) is 22.9 Å². The number of ether oxygens (including phenoxy) is 2. The van der Waals surface area contributed by atoms with Gasteiger partial charge in [0.05, 0.1) is 18.5 Å². The third-order valence-electron chi connectivity index (χ3n) is 4.96. The number of nitrogens with zero attached hydrogens (tertiary/aromatic N) is 4. The van der Waals surface area contributed by atoms with Crippen LogP contribution in [0.3, 0.4) is 0 Å². The second-order valence-electron chi connectivity index (χ2n) is 6.96. The van der Waals surface area contributed by atoms with Gasteiger partial charge in [0.2, 0.25) is 5.89 Å². The molecule has 0 saturated carbocycles. The molecule has 4 aromatic rings. The first kappa shape index (κ1) is 21.6. The van der Waals surface area contributed by atoms with Crippen LogP contribution in [0.25, 0.3) is 17.1 Å². The number of aromatic nitrogens is 4. The summed E-state index contributed by atoms with van der Waals surface area (Å²) in [6.07, 6.45) is 2.00. The summed E-state index contributed by atoms with van der Waals surface area (Å²) in [5, 5.41) is 8.15. The van der Waals surface area contributed by atoms with Crippen LogP contribution >= 0.6 is 11.8 Å². The molecular formula is C23H22N4O4S. The van der Waals surface area contributed by atoms with Gasteiger partial charge in [-0.15, -0.1) is 16.9 Å². The van der Waals surface area contributed by atoms with E-state index in [1.165, 1.54) is 0 Å². The van der Waals surface area contributed by atoms with Crippen LogP contribution in [0.1, 0.15) is 27.6 Å². The van der Waals surface area contributed by atoms with E-state index in [2.05, 4.69) is 15.3 Å². The summed E-state index contributed by atoms with van der Waals surface area (Å²) in [5.41, 5.74) is 2.94. The van der Waals surface area contributed by atoms with Crippen molar-refractivity contribution in [2.75, 3.05) is 13.4 Å². The number of thioether (sulfide) groups is 1. The molecule has 0 fully saturated rings. The Morgan fingerprint density at radius 1 is 1.16 bits per heavy atom.